The van der Waals surface area contributed by atoms with E-state index in [1.807, 2.05) is 0 Å². The Bertz CT molecular complexity index is 1450. The molecule has 1 heterocycles. The van der Waals surface area contributed by atoms with Gasteiger partial charge in [0.15, 0.2) is 6.29 Å². The second-order valence-electron chi connectivity index (χ2n) is 21.5. The van der Waals surface area contributed by atoms with Crippen LogP contribution in [0.15, 0.2) is 85.1 Å². The lowest BCUT2D eigenvalue weighted by atomic mass is 9.99. The maximum atomic E-state index is 13.1. The summed E-state index contributed by atoms with van der Waals surface area (Å²) in [6.07, 6.45) is 70.4. The van der Waals surface area contributed by atoms with Crippen LogP contribution in [0.25, 0.3) is 0 Å². The van der Waals surface area contributed by atoms with Crippen LogP contribution in [0.3, 0.4) is 0 Å². The molecule has 1 aliphatic heterocycles. The van der Waals surface area contributed by atoms with E-state index < -0.39 is 49.5 Å². The van der Waals surface area contributed by atoms with E-state index in [0.29, 0.717) is 12.8 Å². The van der Waals surface area contributed by atoms with Crippen molar-refractivity contribution in [2.24, 2.45) is 0 Å². The lowest BCUT2D eigenvalue weighted by molar-refractivity contribution is -0.302. The first-order valence-corrected chi connectivity index (χ1v) is 31.3. The van der Waals surface area contributed by atoms with Crippen molar-refractivity contribution < 1.29 is 39.8 Å². The number of allylic oxidation sites excluding steroid dienone is 14. The molecule has 9 heteroatoms. The number of aliphatic hydroxyl groups is 5. The van der Waals surface area contributed by atoms with Crippen LogP contribution >= 0.6 is 0 Å². The molecule has 1 fully saturated rings. The highest BCUT2D eigenvalue weighted by atomic mass is 16.7. The minimum atomic E-state index is -1.56. The maximum absolute atomic E-state index is 13.1. The highest BCUT2D eigenvalue weighted by Crippen LogP contribution is 2.23. The summed E-state index contributed by atoms with van der Waals surface area (Å²) in [5.41, 5.74) is 0. The monoisotopic (exact) mass is 1050 g/mol. The Morgan fingerprint density at radius 2 is 0.827 bits per heavy atom. The average molecular weight is 1050 g/mol. The summed E-state index contributed by atoms with van der Waals surface area (Å²) < 4.78 is 11.3. The predicted molar refractivity (Wildman–Crippen MR) is 318 cm³/mol. The second-order valence-corrected chi connectivity index (χ2v) is 21.5. The summed E-state index contributed by atoms with van der Waals surface area (Å²) >= 11 is 0. The minimum Gasteiger partial charge on any atom is -0.394 e. The van der Waals surface area contributed by atoms with E-state index in [0.717, 1.165) is 89.9 Å². The van der Waals surface area contributed by atoms with Crippen molar-refractivity contribution in [1.29, 1.82) is 0 Å². The third-order valence-electron chi connectivity index (χ3n) is 14.5. The van der Waals surface area contributed by atoms with Gasteiger partial charge in [0.25, 0.3) is 0 Å². The zero-order valence-electron chi connectivity index (χ0n) is 48.3. The van der Waals surface area contributed by atoms with Crippen LogP contribution in [0.2, 0.25) is 0 Å². The molecular formula is C66H117NO8. The molecule has 0 radical (unpaired) electrons. The molecule has 0 bridgehead atoms. The molecule has 0 spiro atoms. The topological polar surface area (TPSA) is 149 Å². The SMILES string of the molecule is CC/C=C\C/C=C\C/C=C\C/C=C\C/C=C\C/C=C\C/C=C\CCCCCCCCCCCC(=O)NC(COC1OC(CO)C(O)C(O)C1O)C(O)CCCCCCCCCCCCCCCCCCCCCCC. The smallest absolute Gasteiger partial charge is 0.220 e. The third-order valence-corrected chi connectivity index (χ3v) is 14.5. The summed E-state index contributed by atoms with van der Waals surface area (Å²) in [5.74, 6) is -0.151. The molecule has 434 valence electrons. The number of unbranched alkanes of at least 4 members (excludes halogenated alkanes) is 29. The van der Waals surface area contributed by atoms with Gasteiger partial charge in [-0.3, -0.25) is 4.79 Å². The van der Waals surface area contributed by atoms with Crippen molar-refractivity contribution in [1.82, 2.24) is 5.32 Å². The Morgan fingerprint density at radius 3 is 1.23 bits per heavy atom. The van der Waals surface area contributed by atoms with E-state index in [4.69, 9.17) is 9.47 Å². The summed E-state index contributed by atoms with van der Waals surface area (Å²) in [5, 5.41) is 54.8. The molecule has 6 N–H and O–H groups in total. The number of rotatable bonds is 53. The summed E-state index contributed by atoms with van der Waals surface area (Å²) in [7, 11) is 0. The first-order chi connectivity index (χ1) is 36.8. The normalized spacial score (nSPS) is 19.5. The first-order valence-electron chi connectivity index (χ1n) is 31.3. The number of amides is 1. The fourth-order valence-electron chi connectivity index (χ4n) is 9.61. The average Bonchev–Trinajstić information content (AvgIpc) is 3.41. The number of nitrogens with one attached hydrogen (secondary N) is 1. The molecule has 1 amide bonds. The maximum Gasteiger partial charge on any atom is 0.220 e. The molecule has 1 aliphatic rings. The van der Waals surface area contributed by atoms with Crippen LogP contribution in [0.1, 0.15) is 271 Å². The molecule has 75 heavy (non-hydrogen) atoms. The van der Waals surface area contributed by atoms with Crippen LogP contribution in [0.5, 0.6) is 0 Å². The van der Waals surface area contributed by atoms with E-state index in [1.54, 1.807) is 0 Å². The lowest BCUT2D eigenvalue weighted by Gasteiger charge is -2.40. The van der Waals surface area contributed by atoms with E-state index in [2.05, 4.69) is 104 Å². The van der Waals surface area contributed by atoms with Gasteiger partial charge in [-0.15, -0.1) is 0 Å². The van der Waals surface area contributed by atoms with Gasteiger partial charge in [-0.1, -0.05) is 279 Å². The Morgan fingerprint density at radius 1 is 0.467 bits per heavy atom. The zero-order chi connectivity index (χ0) is 54.3. The zero-order valence-corrected chi connectivity index (χ0v) is 48.3. The Kier molecular flexibility index (Phi) is 51.3. The standard InChI is InChI=1S/C66H117NO8/c1-3-5-7-9-11-13-15-17-19-21-23-25-26-27-28-29-30-31-32-33-34-36-38-40-42-44-46-48-50-52-54-56-62(70)67-59(58-74-66-65(73)64(72)63(71)61(57-68)75-66)60(69)55-53-51-49-47-45-43-41-39-37-35-24-22-20-18-16-14-12-10-8-6-4-2/h5,7,11,13,17,19,23,25,27-28,30-31,33-34,59-61,63-66,68-69,71-73H,3-4,6,8-10,12,14-16,18,20-22,24,26,29,32,35-58H2,1-2H3,(H,67,70)/b7-5-,13-11-,19-17-,25-23-,28-27-,31-30-,34-33-. The van der Waals surface area contributed by atoms with Crippen molar-refractivity contribution in [3.8, 4) is 0 Å². The third kappa shape index (κ3) is 44.0. The lowest BCUT2D eigenvalue weighted by Crippen LogP contribution is -2.60. The van der Waals surface area contributed by atoms with Crippen molar-refractivity contribution in [3.05, 3.63) is 85.1 Å². The Hall–Kier alpha value is -2.63. The summed E-state index contributed by atoms with van der Waals surface area (Å²) in [6, 6.07) is -0.729. The van der Waals surface area contributed by atoms with Crippen molar-refractivity contribution >= 4 is 5.91 Å². The van der Waals surface area contributed by atoms with Gasteiger partial charge in [-0.25, -0.2) is 0 Å². The first kappa shape index (κ1) is 70.4. The van der Waals surface area contributed by atoms with Crippen molar-refractivity contribution in [2.75, 3.05) is 13.2 Å². The Labute approximate surface area is 461 Å². The van der Waals surface area contributed by atoms with Gasteiger partial charge in [0.1, 0.15) is 24.4 Å². The van der Waals surface area contributed by atoms with Crippen LogP contribution in [0, 0.1) is 0 Å². The molecule has 0 saturated carbocycles. The highest BCUT2D eigenvalue weighted by molar-refractivity contribution is 5.76. The Balaban J connectivity index is 2.19. The molecule has 7 unspecified atom stereocenters. The number of aliphatic hydroxyl groups excluding tert-OH is 5. The van der Waals surface area contributed by atoms with Crippen LogP contribution in [-0.4, -0.2) is 87.5 Å². The largest absolute Gasteiger partial charge is 0.394 e. The van der Waals surface area contributed by atoms with Gasteiger partial charge >= 0.3 is 0 Å². The van der Waals surface area contributed by atoms with Gasteiger partial charge in [0.05, 0.1) is 25.4 Å². The molecule has 0 aromatic heterocycles. The van der Waals surface area contributed by atoms with Crippen molar-refractivity contribution in [2.45, 2.75) is 314 Å². The number of carbonyl (C=O) groups is 1. The summed E-state index contributed by atoms with van der Waals surface area (Å²) in [4.78, 5) is 13.1. The molecule has 1 saturated heterocycles. The van der Waals surface area contributed by atoms with E-state index in [-0.39, 0.29) is 12.5 Å². The number of hydrogen-bond donors (Lipinski definition) is 6. The van der Waals surface area contributed by atoms with Crippen molar-refractivity contribution in [3.63, 3.8) is 0 Å². The van der Waals surface area contributed by atoms with Gasteiger partial charge in [0.2, 0.25) is 5.91 Å². The van der Waals surface area contributed by atoms with Gasteiger partial charge in [-0.2, -0.15) is 0 Å². The molecule has 0 aromatic carbocycles. The van der Waals surface area contributed by atoms with E-state index >= 15 is 0 Å². The fourth-order valence-corrected chi connectivity index (χ4v) is 9.61. The molecular weight excluding hydrogens is 935 g/mol. The van der Waals surface area contributed by atoms with Gasteiger partial charge < -0.3 is 40.3 Å². The number of carbonyl (C=O) groups excluding carboxylic acids is 1. The van der Waals surface area contributed by atoms with Gasteiger partial charge in [0, 0.05) is 6.42 Å². The van der Waals surface area contributed by atoms with Crippen LogP contribution < -0.4 is 5.32 Å². The summed E-state index contributed by atoms with van der Waals surface area (Å²) in [6.45, 7) is 3.74. The number of hydrogen-bond acceptors (Lipinski definition) is 8. The molecule has 0 aliphatic carbocycles. The van der Waals surface area contributed by atoms with Gasteiger partial charge in [-0.05, 0) is 70.6 Å². The highest BCUT2D eigenvalue weighted by Gasteiger charge is 2.44. The molecule has 9 nitrogen and oxygen atoms in total. The molecule has 1 rings (SSSR count). The number of ether oxygens (including phenoxy) is 2. The fraction of sp³-hybridized carbons (Fsp3) is 0.773. The molecule has 7 atom stereocenters. The van der Waals surface area contributed by atoms with E-state index in [1.165, 1.54) is 154 Å². The predicted octanol–water partition coefficient (Wildman–Crippen LogP) is 16.2. The minimum absolute atomic E-state index is 0.143. The van der Waals surface area contributed by atoms with E-state index in [9.17, 15) is 30.3 Å². The van der Waals surface area contributed by atoms with Crippen LogP contribution in [0.4, 0.5) is 0 Å². The second kappa shape index (κ2) is 54.7. The molecule has 0 aromatic rings. The van der Waals surface area contributed by atoms with Crippen LogP contribution in [-0.2, 0) is 14.3 Å². The quantitative estimate of drug-likeness (QED) is 0.0261.